The van der Waals surface area contributed by atoms with Crippen molar-refractivity contribution in [3.8, 4) is 5.75 Å². The van der Waals surface area contributed by atoms with E-state index in [2.05, 4.69) is 63.8 Å². The van der Waals surface area contributed by atoms with Crippen LogP contribution in [0.15, 0.2) is 122 Å². The molecule has 3 heterocycles. The van der Waals surface area contributed by atoms with Gasteiger partial charge in [0.1, 0.15) is 48.3 Å². The number of nitrogens with zero attached hydrogens (tertiary/aromatic N) is 3. The number of ether oxygens (including phenoxy) is 1. The summed E-state index contributed by atoms with van der Waals surface area (Å²) in [6.07, 6.45) is 10.9. The number of anilines is 1. The molecule has 0 spiro atoms. The normalized spacial score (nSPS) is 17.0. The number of amides is 9. The van der Waals surface area contributed by atoms with Crippen molar-refractivity contribution in [2.75, 3.05) is 82.4 Å². The minimum atomic E-state index is -4.69. The van der Waals surface area contributed by atoms with Gasteiger partial charge in [0.25, 0.3) is 30.4 Å². The van der Waals surface area contributed by atoms with Gasteiger partial charge >= 0.3 is 0 Å². The Kier molecular flexibility index (Phi) is 42.8. The van der Waals surface area contributed by atoms with Gasteiger partial charge in [-0.2, -0.15) is 29.8 Å². The maximum Gasteiger partial charge on any atom is 0.294 e. The van der Waals surface area contributed by atoms with Gasteiger partial charge in [-0.15, -0.1) is 11.8 Å². The maximum absolute atomic E-state index is 14.7. The molecule has 1 fully saturated rings. The van der Waals surface area contributed by atoms with E-state index in [0.29, 0.717) is 103 Å². The molecule has 1 saturated heterocycles. The summed E-state index contributed by atoms with van der Waals surface area (Å²) in [5, 5.41) is 69.0. The zero-order valence-corrected chi connectivity index (χ0v) is 81.8. The number of hydrogen-bond donors (Lipinski definition) is 27. The second kappa shape index (κ2) is 52.4. The van der Waals surface area contributed by atoms with Crippen LogP contribution in [0.25, 0.3) is 0 Å². The first-order chi connectivity index (χ1) is 64.9. The highest BCUT2D eigenvalue weighted by Crippen LogP contribution is 2.49. The van der Waals surface area contributed by atoms with Crippen LogP contribution in [0.2, 0.25) is 0 Å². The zero-order chi connectivity index (χ0) is 102. The second-order valence-corrected chi connectivity index (χ2v) is 41.1. The summed E-state index contributed by atoms with van der Waals surface area (Å²) in [7, 11) is -15.0. The quantitative estimate of drug-likeness (QED) is 0.00627. The van der Waals surface area contributed by atoms with Crippen LogP contribution in [-0.2, 0) is 95.0 Å². The number of thiol groups is 1. The van der Waals surface area contributed by atoms with Crippen molar-refractivity contribution in [2.45, 2.75) is 223 Å². The van der Waals surface area contributed by atoms with E-state index in [4.69, 9.17) is 66.2 Å². The number of carbonyl (C=O) groups is 9. The molecule has 3 aromatic carbocycles. The van der Waals surface area contributed by atoms with Gasteiger partial charge in [0, 0.05) is 112 Å². The van der Waals surface area contributed by atoms with Crippen molar-refractivity contribution in [1.29, 1.82) is 27.0 Å². The standard InChI is InChI=1S/C86H130N26O21S5/c1-85(2)57-47-54(135(122)123)29-33-65(57)111(44-9-10-46-136(124,125)126)68(85)35-25-51-17-11-18-52(72(51)133-53-27-30-55(31-28-53)137(127,128)129)26-36-69-86(3,4)58-48-56(138(130,131)132)32-34-66(58)110(69)43-8-6-7-24-70(113)99-42-45-112-71(114)49-67(79(112)121)134-50-64(73(87)115)109-78(120)63(23-16-41-104-84(96)97)108-77(119)62(22-15-40-103-83(94)95)107-76(118)61(21-14-39-102-82(92)93)106-75(117)60(20-13-38-101-81(90)91)105-74(116)59(98-5)19-12-37-100-80(88)89/h25-36,47-48,59-64,67,98,135H,6-24,37-46,49-50H2,1-5H3,(H30-,87,88,89,90,91,92,93,94,95,96,97,99,100,101,102,103,104,105,106,107,108,109,113,115,116,117,118,119,120,124,125,126,127,128,129,130,131,132)/p+1/t59-,60-,61-,62-,63-,64-,67?/m1/s1. The average Bonchev–Trinajstić information content (AvgIpc) is 1.59. The topological polar surface area (TPSA) is 789 Å². The number of hydrogen-bond acceptors (Lipinski definition) is 26. The first kappa shape index (κ1) is 113. The number of likely N-dealkylation sites (tertiary alicyclic amines) is 1. The number of rotatable bonds is 57. The average molecular weight is 2030 g/mol. The molecule has 7 atom stereocenters. The summed E-state index contributed by atoms with van der Waals surface area (Å²) < 4.78 is 136. The minimum absolute atomic E-state index is 0.00385. The summed E-state index contributed by atoms with van der Waals surface area (Å²) in [4.78, 5) is 128. The number of thioether (sulfide) groups is 1. The van der Waals surface area contributed by atoms with Gasteiger partial charge in [0.2, 0.25) is 58.9 Å². The van der Waals surface area contributed by atoms with Crippen molar-refractivity contribution >= 4 is 153 Å². The fourth-order valence-electron chi connectivity index (χ4n) is 16.2. The molecule has 760 valence electrons. The first-order valence-electron chi connectivity index (χ1n) is 44.9. The number of likely N-dealkylation sites (N-methyl/N-ethyl adjacent to an activating group) is 1. The fourth-order valence-corrected chi connectivity index (χ4v) is 19.4. The van der Waals surface area contributed by atoms with E-state index in [1.54, 1.807) is 18.2 Å². The van der Waals surface area contributed by atoms with E-state index >= 15 is 0 Å². The number of guanidine groups is 5. The van der Waals surface area contributed by atoms with Gasteiger partial charge in [0.05, 0.1) is 37.1 Å². The summed E-state index contributed by atoms with van der Waals surface area (Å²) in [5.74, 6) is -9.15. The number of imide groups is 1. The molecule has 0 aromatic heterocycles. The molecule has 4 aliphatic rings. The van der Waals surface area contributed by atoms with Gasteiger partial charge in [-0.1, -0.05) is 26.3 Å². The van der Waals surface area contributed by atoms with Crippen LogP contribution in [0.3, 0.4) is 0 Å². The number of primary amides is 1. The van der Waals surface area contributed by atoms with Crippen LogP contribution < -0.4 is 108 Å². The lowest BCUT2D eigenvalue weighted by Gasteiger charge is -2.28. The Hall–Kier alpha value is -12.3. The lowest BCUT2D eigenvalue weighted by atomic mass is 9.81. The molecule has 3 aliphatic heterocycles. The van der Waals surface area contributed by atoms with Crippen molar-refractivity contribution in [3.63, 3.8) is 0 Å². The van der Waals surface area contributed by atoms with Crippen LogP contribution in [0, 0.1) is 27.0 Å². The van der Waals surface area contributed by atoms with Crippen molar-refractivity contribution in [2.24, 2.45) is 34.4 Å². The van der Waals surface area contributed by atoms with E-state index in [0.717, 1.165) is 22.4 Å². The number of fused-ring (bicyclic) bond motifs is 2. The number of unbranched alkanes of at least 4 members (excludes halogenated alkanes) is 3. The molecule has 0 saturated carbocycles. The van der Waals surface area contributed by atoms with Gasteiger partial charge in [0.15, 0.2) is 46.2 Å². The Morgan fingerprint density at radius 1 is 0.543 bits per heavy atom. The number of nitrogens with one attached hydrogen (secondary N) is 17. The SMILES string of the molecule is CN[C@H](CCCNC(=N)N)C(=O)N[C@H](CCCNC(=N)N)C(=O)N[C@H](CCCNC(=N)N)C(=O)N[C@H](CCCNC(=N)N)C(=O)N[C@H](CCCNC(=N)N)C(=O)N[C@H](CSC1CC(=O)N(CCNC(=O)CCCCCN2/C(=C/C=C3\CCCC(/C=C/C4=[N+](CCCCS(=O)(=O)O)c5ccc([SH](=O)=O)cc5C4(C)C)=C3Oc3ccc(S(=O)(=O)O)cc3)C(C)(C)c3cc(S(=O)(=O)O)ccc32)C1=O)C(N)=O. The summed E-state index contributed by atoms with van der Waals surface area (Å²) in [6.45, 7) is 8.29. The maximum atomic E-state index is 14.7. The molecule has 9 amide bonds. The molecule has 32 N–H and O–H groups in total. The fraction of sp³-hybridized carbons (Fsp3) is 0.523. The first-order valence-corrected chi connectivity index (χ1v) is 51.6. The van der Waals surface area contributed by atoms with Crippen molar-refractivity contribution in [3.05, 3.63) is 119 Å². The number of allylic oxidation sites excluding steroid dienone is 7. The third-order valence-corrected chi connectivity index (χ3v) is 27.9. The molecular weight excluding hydrogens is 1890 g/mol. The third-order valence-electron chi connectivity index (χ3n) is 23.4. The van der Waals surface area contributed by atoms with Crippen molar-refractivity contribution < 1.29 is 99.8 Å². The van der Waals surface area contributed by atoms with Crippen LogP contribution in [0.1, 0.15) is 167 Å². The predicted molar refractivity (Wildman–Crippen MR) is 520 cm³/mol. The molecule has 47 nitrogen and oxygen atoms in total. The zero-order valence-electron chi connectivity index (χ0n) is 77.6. The lowest BCUT2D eigenvalue weighted by molar-refractivity contribution is -0.438. The Morgan fingerprint density at radius 3 is 1.50 bits per heavy atom. The molecule has 1 unspecified atom stereocenters. The van der Waals surface area contributed by atoms with E-state index in [1.165, 1.54) is 49.5 Å². The summed E-state index contributed by atoms with van der Waals surface area (Å²) in [5.41, 5.74) is 37.0. The molecule has 52 heteroatoms. The Bertz CT molecular complexity index is 5610. The van der Waals surface area contributed by atoms with Gasteiger partial charge in [-0.25, -0.2) is 8.42 Å². The Balaban J connectivity index is 1.02. The minimum Gasteiger partial charge on any atom is -0.457 e. The Morgan fingerprint density at radius 2 is 1.03 bits per heavy atom. The highest BCUT2D eigenvalue weighted by atomic mass is 32.2. The number of carbonyl (C=O) groups excluding carboxylic acids is 9. The van der Waals surface area contributed by atoms with E-state index in [-0.39, 0.29) is 168 Å². The predicted octanol–water partition coefficient (Wildman–Crippen LogP) is -0.773. The molecule has 0 radical (unpaired) electrons. The monoisotopic (exact) mass is 2020 g/mol. The largest absolute Gasteiger partial charge is 0.457 e. The molecule has 0 bridgehead atoms. The van der Waals surface area contributed by atoms with E-state index in [1.807, 2.05) is 61.5 Å². The Labute approximate surface area is 808 Å². The van der Waals surface area contributed by atoms with Crippen LogP contribution in [-0.4, -0.2) is 264 Å². The highest BCUT2D eigenvalue weighted by Gasteiger charge is 2.46. The van der Waals surface area contributed by atoms with Crippen molar-refractivity contribution in [1.82, 2.24) is 68.7 Å². The van der Waals surface area contributed by atoms with Crippen LogP contribution >= 0.6 is 11.8 Å². The number of nitrogens with two attached hydrogens (primary N) is 6. The van der Waals surface area contributed by atoms with Gasteiger partial charge < -0.3 is 108 Å². The summed E-state index contributed by atoms with van der Waals surface area (Å²) in [6, 6.07) is 6.03. The number of benzene rings is 3. The van der Waals surface area contributed by atoms with E-state index in [9.17, 15) is 90.5 Å². The molecule has 1 aliphatic carbocycles. The highest BCUT2D eigenvalue weighted by molar-refractivity contribution is 8.00. The molecule has 7 rings (SSSR count). The van der Waals surface area contributed by atoms with Gasteiger partial charge in [-0.05, 0) is 207 Å². The van der Waals surface area contributed by atoms with E-state index < -0.39 is 170 Å². The van der Waals surface area contributed by atoms with Crippen LogP contribution in [0.4, 0.5) is 11.4 Å². The van der Waals surface area contributed by atoms with Gasteiger partial charge in [-0.3, -0.25) is 88.8 Å². The molecule has 138 heavy (non-hydrogen) atoms. The summed E-state index contributed by atoms with van der Waals surface area (Å²) >= 11 is 0.834. The lowest BCUT2D eigenvalue weighted by Crippen LogP contribution is -2.59. The third kappa shape index (κ3) is 34.7. The second-order valence-electron chi connectivity index (χ2n) is 34.4. The molecular formula is C86H131N26O21S5+. The molecule has 3 aromatic rings. The smallest absolute Gasteiger partial charge is 0.294 e. The van der Waals surface area contributed by atoms with Crippen LogP contribution in [0.5, 0.6) is 5.75 Å².